The van der Waals surface area contributed by atoms with Crippen LogP contribution in [0.25, 0.3) is 0 Å². The summed E-state index contributed by atoms with van der Waals surface area (Å²) in [4.78, 5) is 7.98. The first-order valence-electron chi connectivity index (χ1n) is 2.99. The molecular formula is C7H9N2Rh-. The van der Waals surface area contributed by atoms with Gasteiger partial charge in [0.2, 0.25) is 0 Å². The van der Waals surface area contributed by atoms with Crippen LogP contribution in [-0.4, -0.2) is 9.97 Å². The number of hydrogen-bond donors (Lipinski definition) is 0. The van der Waals surface area contributed by atoms with E-state index in [9.17, 15) is 0 Å². The average molecular weight is 224 g/mol. The van der Waals surface area contributed by atoms with Crippen LogP contribution < -0.4 is 0 Å². The van der Waals surface area contributed by atoms with E-state index in [0.29, 0.717) is 5.92 Å². The van der Waals surface area contributed by atoms with Crippen LogP contribution in [0.3, 0.4) is 0 Å². The molecule has 0 fully saturated rings. The maximum absolute atomic E-state index is 4.04. The van der Waals surface area contributed by atoms with Crippen molar-refractivity contribution in [1.82, 2.24) is 9.97 Å². The van der Waals surface area contributed by atoms with Crippen LogP contribution in [0.5, 0.6) is 0 Å². The molecule has 1 heterocycles. The molecule has 2 nitrogen and oxygen atoms in total. The fourth-order valence-corrected chi connectivity index (χ4v) is 0.557. The van der Waals surface area contributed by atoms with E-state index in [1.807, 2.05) is 0 Å². The largest absolute Gasteiger partial charge is 0.373 e. The molecule has 0 aliphatic rings. The normalized spacial score (nSPS) is 9.10. The van der Waals surface area contributed by atoms with Gasteiger partial charge in [-0.05, 0) is 5.92 Å². The second-order valence-electron chi connectivity index (χ2n) is 2.20. The van der Waals surface area contributed by atoms with Crippen LogP contribution in [-0.2, 0) is 19.5 Å². The zero-order valence-corrected chi connectivity index (χ0v) is 7.60. The third-order valence-corrected chi connectivity index (χ3v) is 1.05. The zero-order valence-electron chi connectivity index (χ0n) is 5.96. The minimum absolute atomic E-state index is 0. The molecule has 0 saturated carbocycles. The molecule has 1 radical (unpaired) electrons. The number of rotatable bonds is 1. The molecule has 0 amide bonds. The molecule has 10 heavy (non-hydrogen) atoms. The van der Waals surface area contributed by atoms with Gasteiger partial charge >= 0.3 is 0 Å². The van der Waals surface area contributed by atoms with E-state index in [0.717, 1.165) is 5.82 Å². The van der Waals surface area contributed by atoms with E-state index >= 15 is 0 Å². The molecule has 3 heteroatoms. The zero-order chi connectivity index (χ0) is 6.69. The molecule has 1 aromatic heterocycles. The summed E-state index contributed by atoms with van der Waals surface area (Å²) in [6.07, 6.45) is 4.44. The molecule has 0 aliphatic carbocycles. The summed E-state index contributed by atoms with van der Waals surface area (Å²) in [6.45, 7) is 4.12. The van der Waals surface area contributed by atoms with Crippen LogP contribution in [0.2, 0.25) is 0 Å². The van der Waals surface area contributed by atoms with Gasteiger partial charge in [-0.2, -0.15) is 0 Å². The van der Waals surface area contributed by atoms with Gasteiger partial charge in [-0.15, -0.1) is 6.07 Å². The van der Waals surface area contributed by atoms with E-state index in [4.69, 9.17) is 0 Å². The van der Waals surface area contributed by atoms with Gasteiger partial charge in [0.1, 0.15) is 0 Å². The number of aromatic nitrogens is 2. The second kappa shape index (κ2) is 4.51. The third kappa shape index (κ3) is 2.53. The van der Waals surface area contributed by atoms with E-state index < -0.39 is 0 Å². The third-order valence-electron chi connectivity index (χ3n) is 1.05. The van der Waals surface area contributed by atoms with Crippen molar-refractivity contribution in [1.29, 1.82) is 0 Å². The molecule has 1 aromatic rings. The maximum atomic E-state index is 4.04. The van der Waals surface area contributed by atoms with Gasteiger partial charge in [0.05, 0.1) is 0 Å². The summed E-state index contributed by atoms with van der Waals surface area (Å²) in [7, 11) is 0. The Morgan fingerprint density at radius 2 is 2.20 bits per heavy atom. The fourth-order valence-electron chi connectivity index (χ4n) is 0.557. The van der Waals surface area contributed by atoms with Crippen LogP contribution in [0.4, 0.5) is 0 Å². The van der Waals surface area contributed by atoms with Crippen molar-refractivity contribution in [3.63, 3.8) is 0 Å². The van der Waals surface area contributed by atoms with Crippen molar-refractivity contribution in [2.75, 3.05) is 0 Å². The monoisotopic (exact) mass is 224 g/mol. The summed E-state index contributed by atoms with van der Waals surface area (Å²) in [6, 6.07) is 1.70. The van der Waals surface area contributed by atoms with Gasteiger partial charge in [-0.25, -0.2) is 0 Å². The Hall–Kier alpha value is -0.297. The predicted molar refractivity (Wildman–Crippen MR) is 35.0 cm³/mol. The van der Waals surface area contributed by atoms with Crippen molar-refractivity contribution in [2.45, 2.75) is 19.8 Å². The first-order chi connectivity index (χ1) is 4.30. The van der Waals surface area contributed by atoms with E-state index in [2.05, 4.69) is 30.0 Å². The van der Waals surface area contributed by atoms with Gasteiger partial charge < -0.3 is 9.97 Å². The van der Waals surface area contributed by atoms with E-state index in [1.54, 1.807) is 12.3 Å². The standard InChI is InChI=1S/C7H9N2.Rh/c1-6(2)7-8-4-3-5-9-7;/h3-4,6H,1-2H3;/q-1;. The fraction of sp³-hybridized carbons (Fsp3) is 0.429. The number of hydrogen-bond acceptors (Lipinski definition) is 2. The summed E-state index contributed by atoms with van der Waals surface area (Å²) < 4.78 is 0. The molecule has 1 rings (SSSR count). The summed E-state index contributed by atoms with van der Waals surface area (Å²) in [5.74, 6) is 1.26. The molecule has 0 unspecified atom stereocenters. The smallest absolute Gasteiger partial charge is 0.0162 e. The quantitative estimate of drug-likeness (QED) is 0.532. The van der Waals surface area contributed by atoms with Crippen molar-refractivity contribution >= 4 is 0 Å². The van der Waals surface area contributed by atoms with Crippen molar-refractivity contribution in [3.05, 3.63) is 24.3 Å². The van der Waals surface area contributed by atoms with E-state index in [-0.39, 0.29) is 19.5 Å². The Kier molecular flexibility index (Phi) is 4.37. The Morgan fingerprint density at radius 1 is 1.50 bits per heavy atom. The molecule has 0 spiro atoms. The Balaban J connectivity index is 0.000000810. The van der Waals surface area contributed by atoms with Crippen molar-refractivity contribution in [2.24, 2.45) is 0 Å². The molecule has 0 atom stereocenters. The SMILES string of the molecule is CC(C)c1n[c-]ccn1.[Rh]. The summed E-state index contributed by atoms with van der Waals surface area (Å²) in [5.41, 5.74) is 0. The maximum Gasteiger partial charge on any atom is 0.0162 e. The molecule has 0 aliphatic heterocycles. The molecule has 0 saturated heterocycles. The average Bonchev–Trinajstić information content (AvgIpc) is 1.90. The molecule has 0 bridgehead atoms. The van der Waals surface area contributed by atoms with Gasteiger partial charge in [0, 0.05) is 25.3 Å². The van der Waals surface area contributed by atoms with Crippen LogP contribution in [0.1, 0.15) is 25.6 Å². The first-order valence-corrected chi connectivity index (χ1v) is 2.99. The summed E-state index contributed by atoms with van der Waals surface area (Å²) >= 11 is 0. The second-order valence-corrected chi connectivity index (χ2v) is 2.20. The molecule has 0 N–H and O–H groups in total. The summed E-state index contributed by atoms with van der Waals surface area (Å²) in [5, 5.41) is 0. The Morgan fingerprint density at radius 3 is 2.50 bits per heavy atom. The molecule has 0 aromatic carbocycles. The van der Waals surface area contributed by atoms with Gasteiger partial charge in [-0.3, -0.25) is 0 Å². The topological polar surface area (TPSA) is 25.8 Å². The van der Waals surface area contributed by atoms with Crippen LogP contribution >= 0.6 is 0 Å². The molecular weight excluding hydrogens is 215 g/mol. The minimum atomic E-state index is 0. The van der Waals surface area contributed by atoms with E-state index in [1.165, 1.54) is 0 Å². The molecule has 57 valence electrons. The van der Waals surface area contributed by atoms with Crippen molar-refractivity contribution in [3.8, 4) is 0 Å². The number of nitrogens with zero attached hydrogens (tertiary/aromatic N) is 2. The van der Waals surface area contributed by atoms with Crippen LogP contribution in [0, 0.1) is 6.20 Å². The predicted octanol–water partition coefficient (Wildman–Crippen LogP) is 1.40. The van der Waals surface area contributed by atoms with Gasteiger partial charge in [0.15, 0.2) is 0 Å². The first kappa shape index (κ1) is 9.70. The Labute approximate surface area is 73.8 Å². The van der Waals surface area contributed by atoms with Crippen LogP contribution in [0.15, 0.2) is 12.3 Å². The van der Waals surface area contributed by atoms with Gasteiger partial charge in [0.25, 0.3) is 0 Å². The Bertz CT molecular complexity index is 174. The minimum Gasteiger partial charge on any atom is -0.373 e. The van der Waals surface area contributed by atoms with Gasteiger partial charge in [-0.1, -0.05) is 26.2 Å². The van der Waals surface area contributed by atoms with Crippen molar-refractivity contribution < 1.29 is 19.5 Å².